The highest BCUT2D eigenvalue weighted by atomic mass is 32.1. The van der Waals surface area contributed by atoms with E-state index in [0.29, 0.717) is 13.0 Å². The zero-order chi connectivity index (χ0) is 12.3. The average Bonchev–Trinajstić information content (AvgIpc) is 2.92. The molecule has 0 radical (unpaired) electrons. The lowest BCUT2D eigenvalue weighted by Crippen LogP contribution is -2.50. The maximum Gasteiger partial charge on any atom is 0.193 e. The van der Waals surface area contributed by atoms with Crippen molar-refractivity contribution in [2.24, 2.45) is 0 Å². The first-order chi connectivity index (χ1) is 8.23. The standard InChI is InChI=1S/C11H17N3O2S/c1-2-11(7-15,8-16)12-5-9-6-14-3-4-17-10(14)13-9/h3-4,6,12,15-16H,2,5,7-8H2,1H3. The average molecular weight is 255 g/mol. The van der Waals surface area contributed by atoms with Gasteiger partial charge in [0.25, 0.3) is 0 Å². The minimum Gasteiger partial charge on any atom is -0.394 e. The molecule has 94 valence electrons. The van der Waals surface area contributed by atoms with E-state index in [-0.39, 0.29) is 13.2 Å². The molecule has 0 saturated heterocycles. The van der Waals surface area contributed by atoms with Crippen molar-refractivity contribution in [3.63, 3.8) is 0 Å². The van der Waals surface area contributed by atoms with Crippen LogP contribution in [-0.2, 0) is 6.54 Å². The van der Waals surface area contributed by atoms with Crippen LogP contribution in [0.15, 0.2) is 17.8 Å². The van der Waals surface area contributed by atoms with Gasteiger partial charge in [-0.2, -0.15) is 0 Å². The van der Waals surface area contributed by atoms with Crippen LogP contribution in [0.25, 0.3) is 4.96 Å². The van der Waals surface area contributed by atoms with Gasteiger partial charge in [-0.05, 0) is 6.42 Å². The van der Waals surface area contributed by atoms with E-state index >= 15 is 0 Å². The molecule has 5 nitrogen and oxygen atoms in total. The maximum absolute atomic E-state index is 9.31. The van der Waals surface area contributed by atoms with Gasteiger partial charge in [-0.3, -0.25) is 4.40 Å². The molecule has 0 amide bonds. The minimum atomic E-state index is -0.614. The Kier molecular flexibility index (Phi) is 3.78. The Labute approximate surface area is 104 Å². The molecule has 0 spiro atoms. The predicted molar refractivity (Wildman–Crippen MR) is 67.1 cm³/mol. The molecular formula is C11H17N3O2S. The summed E-state index contributed by atoms with van der Waals surface area (Å²) < 4.78 is 1.97. The lowest BCUT2D eigenvalue weighted by atomic mass is 9.98. The first-order valence-corrected chi connectivity index (χ1v) is 6.49. The van der Waals surface area contributed by atoms with Gasteiger partial charge in [0.2, 0.25) is 0 Å². The van der Waals surface area contributed by atoms with Crippen molar-refractivity contribution >= 4 is 16.3 Å². The molecule has 2 rings (SSSR count). The summed E-state index contributed by atoms with van der Waals surface area (Å²) >= 11 is 1.58. The third-order valence-corrected chi connectivity index (χ3v) is 3.84. The zero-order valence-corrected chi connectivity index (χ0v) is 10.6. The summed E-state index contributed by atoms with van der Waals surface area (Å²) in [6.45, 7) is 2.32. The van der Waals surface area contributed by atoms with E-state index in [1.807, 2.05) is 29.1 Å². The van der Waals surface area contributed by atoms with E-state index in [0.717, 1.165) is 10.7 Å². The predicted octanol–water partition coefficient (Wildman–Crippen LogP) is 0.619. The van der Waals surface area contributed by atoms with Crippen molar-refractivity contribution in [3.05, 3.63) is 23.5 Å². The Morgan fingerprint density at radius 3 is 2.82 bits per heavy atom. The highest BCUT2D eigenvalue weighted by Gasteiger charge is 2.25. The van der Waals surface area contributed by atoms with Gasteiger partial charge in [-0.25, -0.2) is 4.98 Å². The number of aliphatic hydroxyl groups is 2. The van der Waals surface area contributed by atoms with Crippen molar-refractivity contribution in [1.29, 1.82) is 0 Å². The van der Waals surface area contributed by atoms with Gasteiger partial charge in [0.05, 0.1) is 24.4 Å². The molecule has 0 saturated carbocycles. The van der Waals surface area contributed by atoms with Crippen LogP contribution in [0.5, 0.6) is 0 Å². The maximum atomic E-state index is 9.31. The van der Waals surface area contributed by atoms with Gasteiger partial charge < -0.3 is 15.5 Å². The number of rotatable bonds is 6. The monoisotopic (exact) mass is 255 g/mol. The summed E-state index contributed by atoms with van der Waals surface area (Å²) in [6.07, 6.45) is 4.58. The second kappa shape index (κ2) is 5.14. The van der Waals surface area contributed by atoms with Crippen LogP contribution in [0, 0.1) is 0 Å². The number of aliphatic hydroxyl groups excluding tert-OH is 2. The fourth-order valence-electron chi connectivity index (χ4n) is 1.65. The molecule has 0 aliphatic carbocycles. The van der Waals surface area contributed by atoms with Crippen molar-refractivity contribution in [3.8, 4) is 0 Å². The van der Waals surface area contributed by atoms with Crippen molar-refractivity contribution in [2.45, 2.75) is 25.4 Å². The molecule has 0 fully saturated rings. The molecule has 3 N–H and O–H groups in total. The van der Waals surface area contributed by atoms with Gasteiger partial charge in [0.1, 0.15) is 0 Å². The van der Waals surface area contributed by atoms with E-state index in [1.165, 1.54) is 0 Å². The molecule has 0 atom stereocenters. The summed E-state index contributed by atoms with van der Waals surface area (Å²) in [7, 11) is 0. The molecule has 2 heterocycles. The molecule has 0 unspecified atom stereocenters. The van der Waals surface area contributed by atoms with E-state index < -0.39 is 5.54 Å². The normalized spacial score (nSPS) is 12.4. The molecule has 2 aromatic rings. The molecule has 0 aromatic carbocycles. The summed E-state index contributed by atoms with van der Waals surface area (Å²) in [5.74, 6) is 0. The molecule has 17 heavy (non-hydrogen) atoms. The second-order valence-electron chi connectivity index (χ2n) is 4.13. The number of thiazole rings is 1. The first kappa shape index (κ1) is 12.5. The Hall–Kier alpha value is -0.950. The lowest BCUT2D eigenvalue weighted by molar-refractivity contribution is 0.0861. The van der Waals surface area contributed by atoms with E-state index in [9.17, 15) is 10.2 Å². The molecule has 0 bridgehead atoms. The lowest BCUT2D eigenvalue weighted by Gasteiger charge is -2.29. The summed E-state index contributed by atoms with van der Waals surface area (Å²) in [5, 5.41) is 23.8. The second-order valence-corrected chi connectivity index (χ2v) is 5.00. The number of hydrogen-bond acceptors (Lipinski definition) is 5. The minimum absolute atomic E-state index is 0.0811. The Bertz CT molecular complexity index is 439. The Morgan fingerprint density at radius 1 is 1.47 bits per heavy atom. The van der Waals surface area contributed by atoms with Crippen molar-refractivity contribution in [2.75, 3.05) is 13.2 Å². The van der Waals surface area contributed by atoms with Crippen LogP contribution in [0.2, 0.25) is 0 Å². The summed E-state index contributed by atoms with van der Waals surface area (Å²) in [4.78, 5) is 5.39. The highest BCUT2D eigenvalue weighted by molar-refractivity contribution is 7.15. The van der Waals surface area contributed by atoms with Gasteiger partial charge in [-0.1, -0.05) is 6.92 Å². The van der Waals surface area contributed by atoms with E-state index in [1.54, 1.807) is 11.3 Å². The van der Waals surface area contributed by atoms with Gasteiger partial charge in [0, 0.05) is 24.3 Å². The Balaban J connectivity index is 2.04. The van der Waals surface area contributed by atoms with E-state index in [2.05, 4.69) is 10.3 Å². The summed E-state index contributed by atoms with van der Waals surface area (Å²) in [6, 6.07) is 0. The molecule has 6 heteroatoms. The Morgan fingerprint density at radius 2 is 2.24 bits per heavy atom. The van der Waals surface area contributed by atoms with Crippen LogP contribution in [0.4, 0.5) is 0 Å². The van der Waals surface area contributed by atoms with Crippen LogP contribution in [0.3, 0.4) is 0 Å². The van der Waals surface area contributed by atoms with Crippen molar-refractivity contribution < 1.29 is 10.2 Å². The molecule has 0 aliphatic heterocycles. The number of fused-ring (bicyclic) bond motifs is 1. The molecule has 0 aliphatic rings. The van der Waals surface area contributed by atoms with Gasteiger partial charge in [0.15, 0.2) is 4.96 Å². The van der Waals surface area contributed by atoms with Crippen LogP contribution in [-0.4, -0.2) is 38.4 Å². The summed E-state index contributed by atoms with van der Waals surface area (Å²) in [5.41, 5.74) is 0.299. The quantitative estimate of drug-likeness (QED) is 0.707. The fraction of sp³-hybridized carbons (Fsp3) is 0.545. The number of imidazole rings is 1. The fourth-order valence-corrected chi connectivity index (χ4v) is 2.37. The van der Waals surface area contributed by atoms with Gasteiger partial charge in [-0.15, -0.1) is 11.3 Å². The first-order valence-electron chi connectivity index (χ1n) is 5.61. The van der Waals surface area contributed by atoms with Crippen molar-refractivity contribution in [1.82, 2.24) is 14.7 Å². The SMILES string of the molecule is CCC(CO)(CO)NCc1cn2ccsc2n1. The van der Waals surface area contributed by atoms with E-state index in [4.69, 9.17) is 0 Å². The topological polar surface area (TPSA) is 69.8 Å². The third-order valence-electron chi connectivity index (χ3n) is 3.07. The smallest absolute Gasteiger partial charge is 0.193 e. The van der Waals surface area contributed by atoms with Gasteiger partial charge >= 0.3 is 0 Å². The number of aromatic nitrogens is 2. The van der Waals surface area contributed by atoms with Crippen LogP contribution in [0.1, 0.15) is 19.0 Å². The number of nitrogens with one attached hydrogen (secondary N) is 1. The molecular weight excluding hydrogens is 238 g/mol. The third kappa shape index (κ3) is 2.50. The zero-order valence-electron chi connectivity index (χ0n) is 9.76. The number of nitrogens with zero attached hydrogens (tertiary/aromatic N) is 2. The number of hydrogen-bond donors (Lipinski definition) is 3. The molecule has 2 aromatic heterocycles. The van der Waals surface area contributed by atoms with Crippen LogP contribution < -0.4 is 5.32 Å². The highest BCUT2D eigenvalue weighted by Crippen LogP contribution is 2.13. The van der Waals surface area contributed by atoms with Crippen LogP contribution >= 0.6 is 11.3 Å². The largest absolute Gasteiger partial charge is 0.394 e.